The van der Waals surface area contributed by atoms with E-state index in [4.69, 9.17) is 9.16 Å². The van der Waals surface area contributed by atoms with Crippen molar-refractivity contribution in [3.63, 3.8) is 0 Å². The Hall–Kier alpha value is -0.853. The van der Waals surface area contributed by atoms with Gasteiger partial charge in [-0.2, -0.15) is 0 Å². The number of halogens is 1. The molecule has 0 aromatic heterocycles. The fourth-order valence-corrected chi connectivity index (χ4v) is 5.15. The molecule has 26 heavy (non-hydrogen) atoms. The molecule has 0 spiro atoms. The molecule has 1 aromatic carbocycles. The van der Waals surface area contributed by atoms with Crippen LogP contribution in [-0.2, 0) is 15.8 Å². The van der Waals surface area contributed by atoms with E-state index in [1.54, 1.807) is 7.11 Å². The molecule has 4 nitrogen and oxygen atoms in total. The molecule has 0 radical (unpaired) electrons. The quantitative estimate of drug-likeness (QED) is 0.461. The number of carbonyl (C=O) groups excluding carboxylic acids is 1. The monoisotopic (exact) mass is 441 g/mol. The van der Waals surface area contributed by atoms with Crippen molar-refractivity contribution in [1.82, 2.24) is 4.90 Å². The minimum atomic E-state index is -1.88. The van der Waals surface area contributed by atoms with Gasteiger partial charge in [0.05, 0.1) is 19.3 Å². The van der Waals surface area contributed by atoms with Gasteiger partial charge in [0.15, 0.2) is 8.32 Å². The van der Waals surface area contributed by atoms with Crippen LogP contribution in [0, 0.1) is 0 Å². The molecule has 0 bridgehead atoms. The van der Waals surface area contributed by atoms with Gasteiger partial charge in [-0.05, 0) is 42.2 Å². The number of carbonyl (C=O) groups is 1. The molecule has 1 heterocycles. The van der Waals surface area contributed by atoms with Gasteiger partial charge in [0, 0.05) is 18.3 Å². The summed E-state index contributed by atoms with van der Waals surface area (Å²) in [6.45, 7) is 11.9. The third kappa shape index (κ3) is 4.90. The van der Waals surface area contributed by atoms with E-state index in [2.05, 4.69) is 49.8 Å². The van der Waals surface area contributed by atoms with Crippen LogP contribution in [0.4, 0.5) is 0 Å². The first-order chi connectivity index (χ1) is 12.1. The van der Waals surface area contributed by atoms with Gasteiger partial charge in [-0.15, -0.1) is 0 Å². The molecule has 1 saturated heterocycles. The summed E-state index contributed by atoms with van der Waals surface area (Å²) < 4.78 is 11.9. The first-order valence-electron chi connectivity index (χ1n) is 9.25. The predicted molar refractivity (Wildman–Crippen MR) is 112 cm³/mol. The van der Waals surface area contributed by atoms with E-state index in [1.165, 1.54) is 0 Å². The maximum atomic E-state index is 12.6. The van der Waals surface area contributed by atoms with Crippen LogP contribution in [0.3, 0.4) is 0 Å². The number of amides is 1. The zero-order chi connectivity index (χ0) is 19.5. The molecular weight excluding hydrogens is 410 g/mol. The van der Waals surface area contributed by atoms with Crippen LogP contribution in [0.25, 0.3) is 0 Å². The van der Waals surface area contributed by atoms with Gasteiger partial charge in [0.25, 0.3) is 0 Å². The van der Waals surface area contributed by atoms with Crippen LogP contribution < -0.4 is 4.74 Å². The highest BCUT2D eigenvalue weighted by atomic mass is 79.9. The molecule has 6 heteroatoms. The Morgan fingerprint density at radius 3 is 2.35 bits per heavy atom. The fourth-order valence-electron chi connectivity index (χ4n) is 3.00. The van der Waals surface area contributed by atoms with E-state index in [1.807, 2.05) is 29.2 Å². The predicted octanol–water partition coefficient (Wildman–Crippen LogP) is 4.97. The number of methoxy groups -OCH3 is 1. The maximum absolute atomic E-state index is 12.6. The lowest BCUT2D eigenvalue weighted by atomic mass is 9.99. The lowest BCUT2D eigenvalue weighted by molar-refractivity contribution is -0.141. The molecule has 1 amide bonds. The van der Waals surface area contributed by atoms with Crippen LogP contribution in [0.2, 0.25) is 18.1 Å². The highest BCUT2D eigenvalue weighted by molar-refractivity contribution is 9.09. The summed E-state index contributed by atoms with van der Waals surface area (Å²) in [7, 11) is -0.222. The minimum absolute atomic E-state index is 0.0625. The average molecular weight is 442 g/mol. The fraction of sp³-hybridized carbons (Fsp3) is 0.650. The van der Waals surface area contributed by atoms with Gasteiger partial charge < -0.3 is 14.1 Å². The summed E-state index contributed by atoms with van der Waals surface area (Å²) in [6.07, 6.45) is 1.45. The molecule has 1 aliphatic heterocycles. The largest absolute Gasteiger partial charge is 0.497 e. The maximum Gasteiger partial charge on any atom is 0.223 e. The number of hydrogen-bond donors (Lipinski definition) is 0. The Balaban J connectivity index is 2.17. The lowest BCUT2D eigenvalue weighted by Crippen LogP contribution is -2.56. The van der Waals surface area contributed by atoms with Crippen molar-refractivity contribution in [1.29, 1.82) is 0 Å². The molecule has 2 rings (SSSR count). The van der Waals surface area contributed by atoms with Gasteiger partial charge in [0.2, 0.25) is 5.91 Å². The third-order valence-corrected chi connectivity index (χ3v) is 10.9. The van der Waals surface area contributed by atoms with Crippen molar-refractivity contribution >= 4 is 30.2 Å². The Morgan fingerprint density at radius 1 is 1.23 bits per heavy atom. The smallest absolute Gasteiger partial charge is 0.223 e. The topological polar surface area (TPSA) is 38.8 Å². The molecule has 1 aliphatic rings. The summed E-state index contributed by atoms with van der Waals surface area (Å²) in [4.78, 5) is 14.6. The molecule has 1 fully saturated rings. The molecular formula is C20H32BrNO3Si. The number of benzene rings is 1. The van der Waals surface area contributed by atoms with Gasteiger partial charge in [-0.25, -0.2) is 0 Å². The van der Waals surface area contributed by atoms with Crippen molar-refractivity contribution < 1.29 is 14.0 Å². The number of ether oxygens (including phenoxy) is 1. The molecule has 146 valence electrons. The number of alkyl halides is 1. The van der Waals surface area contributed by atoms with E-state index in [-0.39, 0.29) is 23.1 Å². The van der Waals surface area contributed by atoms with Crippen LogP contribution >= 0.6 is 15.9 Å². The Labute approximate surface area is 167 Å². The van der Waals surface area contributed by atoms with Crippen LogP contribution in [0.1, 0.15) is 39.2 Å². The van der Waals surface area contributed by atoms with Crippen molar-refractivity contribution in [2.75, 3.05) is 12.4 Å². The van der Waals surface area contributed by atoms with Gasteiger partial charge in [0.1, 0.15) is 5.75 Å². The second-order valence-corrected chi connectivity index (χ2v) is 14.0. The van der Waals surface area contributed by atoms with E-state index >= 15 is 0 Å². The Bertz CT molecular complexity index is 612. The molecule has 1 aromatic rings. The highest BCUT2D eigenvalue weighted by Gasteiger charge is 2.43. The number of nitrogens with zero attached hydrogens (tertiary/aromatic N) is 1. The Kier molecular flexibility index (Phi) is 6.96. The van der Waals surface area contributed by atoms with Crippen LogP contribution in [0.5, 0.6) is 5.75 Å². The van der Waals surface area contributed by atoms with Crippen molar-refractivity contribution in [2.24, 2.45) is 0 Å². The van der Waals surface area contributed by atoms with Gasteiger partial charge >= 0.3 is 0 Å². The molecule has 0 N–H and O–H groups in total. The summed E-state index contributed by atoms with van der Waals surface area (Å²) in [5.41, 5.74) is 1.11. The summed E-state index contributed by atoms with van der Waals surface area (Å²) in [5, 5.41) is 0.889. The molecule has 0 saturated carbocycles. The summed E-state index contributed by atoms with van der Waals surface area (Å²) >= 11 is 3.64. The average Bonchev–Trinajstić information content (AvgIpc) is 2.57. The first kappa shape index (κ1) is 21.4. The van der Waals surface area contributed by atoms with Crippen LogP contribution in [0.15, 0.2) is 24.3 Å². The number of likely N-dealkylation sites (tertiary alicyclic amines) is 1. The van der Waals surface area contributed by atoms with Crippen molar-refractivity contribution in [3.05, 3.63) is 29.8 Å². The lowest BCUT2D eigenvalue weighted by Gasteiger charge is -2.46. The standard InChI is InChI=1S/C20H32BrNO3Si/c1-20(2,3)26(5,6)25-18-11-12-19(23)22(17(18)13-21)14-15-7-9-16(24-4)10-8-15/h7-10,17-18H,11-14H2,1-6H3/t17-,18+/m1/s1. The van der Waals surface area contributed by atoms with Gasteiger partial charge in [-0.3, -0.25) is 4.79 Å². The van der Waals surface area contributed by atoms with E-state index in [9.17, 15) is 4.79 Å². The molecule has 0 aliphatic carbocycles. The van der Waals surface area contributed by atoms with E-state index in [0.717, 1.165) is 23.1 Å². The zero-order valence-corrected chi connectivity index (χ0v) is 19.4. The second-order valence-electron chi connectivity index (χ2n) is 8.55. The molecule has 2 atom stereocenters. The zero-order valence-electron chi connectivity index (χ0n) is 16.8. The second kappa shape index (κ2) is 8.44. The molecule has 0 unspecified atom stereocenters. The number of piperidine rings is 1. The summed E-state index contributed by atoms with van der Waals surface area (Å²) in [6, 6.07) is 7.99. The number of rotatable bonds is 6. The normalized spacial score (nSPS) is 21.8. The van der Waals surface area contributed by atoms with Crippen molar-refractivity contribution in [3.8, 4) is 5.75 Å². The summed E-state index contributed by atoms with van der Waals surface area (Å²) in [5.74, 6) is 1.04. The minimum Gasteiger partial charge on any atom is -0.497 e. The first-order valence-corrected chi connectivity index (χ1v) is 13.3. The number of hydrogen-bond acceptors (Lipinski definition) is 3. The third-order valence-electron chi connectivity index (χ3n) is 5.71. The SMILES string of the molecule is COc1ccc(CN2C(=O)CC[C@H](O[Si](C)(C)C(C)(C)C)[C@H]2CBr)cc1. The highest BCUT2D eigenvalue weighted by Crippen LogP contribution is 2.39. The van der Waals surface area contributed by atoms with E-state index in [0.29, 0.717) is 13.0 Å². The van der Waals surface area contributed by atoms with Gasteiger partial charge in [-0.1, -0.05) is 48.8 Å². The van der Waals surface area contributed by atoms with Crippen molar-refractivity contribution in [2.45, 2.75) is 70.4 Å². The van der Waals surface area contributed by atoms with E-state index < -0.39 is 8.32 Å². The van der Waals surface area contributed by atoms with Crippen LogP contribution in [-0.4, -0.2) is 43.7 Å². The Morgan fingerprint density at radius 2 is 1.85 bits per heavy atom.